The first-order chi connectivity index (χ1) is 19.1. The monoisotopic (exact) mass is 560 g/mol. The molecule has 14 heteroatoms. The van der Waals surface area contributed by atoms with Crippen LogP contribution in [0.5, 0.6) is 0 Å². The molecular weight excluding hydrogens is 532 g/mol. The number of hydrogen-bond acceptors (Lipinski definition) is 12. The summed E-state index contributed by atoms with van der Waals surface area (Å²) in [4.78, 5) is 44.7. The van der Waals surface area contributed by atoms with Crippen LogP contribution in [0, 0.1) is 20.2 Å². The molecule has 0 unspecified atom stereocenters. The van der Waals surface area contributed by atoms with Crippen LogP contribution in [0.25, 0.3) is 0 Å². The van der Waals surface area contributed by atoms with E-state index in [0.29, 0.717) is 25.7 Å². The van der Waals surface area contributed by atoms with Crippen molar-refractivity contribution >= 4 is 23.3 Å². The molecule has 40 heavy (non-hydrogen) atoms. The topological polar surface area (TPSA) is 198 Å². The summed E-state index contributed by atoms with van der Waals surface area (Å²) in [6.07, 6.45) is -1.88. The molecule has 2 aliphatic heterocycles. The number of carbonyl (C=O) groups is 2. The Hall–Kier alpha value is -3.98. The molecule has 0 saturated carbocycles. The zero-order valence-electron chi connectivity index (χ0n) is 21.2. The maximum atomic E-state index is 12.2. The van der Waals surface area contributed by atoms with Crippen molar-refractivity contribution in [1.29, 1.82) is 0 Å². The summed E-state index contributed by atoms with van der Waals surface area (Å²) in [6, 6.07) is 9.83. The lowest BCUT2D eigenvalue weighted by Gasteiger charge is -2.24. The fraction of sp³-hybridized carbons (Fsp3) is 0.462. The first-order valence-electron chi connectivity index (χ1n) is 12.6. The number of aliphatic hydroxyl groups excluding tert-OH is 2. The van der Waals surface area contributed by atoms with Gasteiger partial charge in [0.25, 0.3) is 11.4 Å². The molecule has 0 bridgehead atoms. The van der Waals surface area contributed by atoms with Gasteiger partial charge in [-0.2, -0.15) is 0 Å². The Kier molecular flexibility index (Phi) is 9.37. The zero-order chi connectivity index (χ0) is 28.8. The van der Waals surface area contributed by atoms with E-state index in [-0.39, 0.29) is 47.9 Å². The third kappa shape index (κ3) is 7.15. The second-order valence-electron chi connectivity index (χ2n) is 9.52. The number of esters is 2. The molecule has 2 heterocycles. The van der Waals surface area contributed by atoms with Crippen molar-refractivity contribution < 1.29 is 48.6 Å². The number of aliphatic hydroxyl groups is 2. The Labute approximate surface area is 227 Å². The molecule has 2 fully saturated rings. The maximum Gasteiger partial charge on any atom is 0.338 e. The number of carbonyl (C=O) groups excluding carboxylic acids is 2. The van der Waals surface area contributed by atoms with Gasteiger partial charge in [0.2, 0.25) is 0 Å². The molecular formula is C26H28N2O12. The maximum absolute atomic E-state index is 12.2. The number of nitro groups is 2. The highest BCUT2D eigenvalue weighted by molar-refractivity contribution is 5.90. The van der Waals surface area contributed by atoms with Gasteiger partial charge < -0.3 is 29.2 Å². The molecule has 0 aromatic heterocycles. The smallest absolute Gasteiger partial charge is 0.338 e. The summed E-state index contributed by atoms with van der Waals surface area (Å²) in [6.45, 7) is -0.638. The Bertz CT molecular complexity index is 1120. The number of benzene rings is 2. The molecule has 0 spiro atoms. The third-order valence-electron chi connectivity index (χ3n) is 6.84. The fourth-order valence-corrected chi connectivity index (χ4v) is 4.63. The summed E-state index contributed by atoms with van der Waals surface area (Å²) >= 11 is 0. The van der Waals surface area contributed by atoms with E-state index < -0.39 is 46.2 Å². The van der Waals surface area contributed by atoms with Crippen molar-refractivity contribution in [3.8, 4) is 0 Å². The fourth-order valence-electron chi connectivity index (χ4n) is 4.63. The summed E-state index contributed by atoms with van der Waals surface area (Å²) in [7, 11) is 0. The Morgan fingerprint density at radius 1 is 0.725 bits per heavy atom. The number of nitrogens with zero attached hydrogens (tertiary/aromatic N) is 2. The lowest BCUT2D eigenvalue weighted by molar-refractivity contribution is -0.385. The first kappa shape index (κ1) is 29.0. The molecule has 2 aromatic carbocycles. The zero-order valence-corrected chi connectivity index (χ0v) is 21.2. The van der Waals surface area contributed by atoms with Crippen LogP contribution < -0.4 is 0 Å². The predicted octanol–water partition coefficient (Wildman–Crippen LogP) is 2.33. The minimum atomic E-state index is -1.09. The predicted molar refractivity (Wildman–Crippen MR) is 135 cm³/mol. The standard InChI is InChI=1S/C26H28N2O12/c29-19(13-37-25(31)15-1-5-17(6-2-15)27(33)34)21-9-11-23(39-21)24-12-10-22(40-24)20(30)14-38-26(32)16-3-7-18(8-4-16)28(35)36/h1-8,19-24,29-30H,9-14H2/t19-,20-,21+,22+,23+,24+/m0/s1. The second-order valence-corrected chi connectivity index (χ2v) is 9.52. The largest absolute Gasteiger partial charge is 0.459 e. The molecule has 2 N–H and O–H groups in total. The molecule has 0 amide bonds. The second kappa shape index (κ2) is 12.9. The van der Waals surface area contributed by atoms with Gasteiger partial charge in [-0.25, -0.2) is 9.59 Å². The molecule has 6 atom stereocenters. The van der Waals surface area contributed by atoms with Crippen LogP contribution in [0.1, 0.15) is 46.4 Å². The summed E-state index contributed by atoms with van der Waals surface area (Å²) in [5.41, 5.74) is -0.0842. The average molecular weight is 561 g/mol. The Balaban J connectivity index is 1.18. The van der Waals surface area contributed by atoms with Crippen molar-refractivity contribution in [1.82, 2.24) is 0 Å². The van der Waals surface area contributed by atoms with Gasteiger partial charge in [0.15, 0.2) is 0 Å². The molecule has 2 saturated heterocycles. The van der Waals surface area contributed by atoms with E-state index in [4.69, 9.17) is 18.9 Å². The molecule has 2 aliphatic rings. The van der Waals surface area contributed by atoms with Crippen molar-refractivity contribution in [2.75, 3.05) is 13.2 Å². The van der Waals surface area contributed by atoms with Gasteiger partial charge in [-0.3, -0.25) is 20.2 Å². The highest BCUT2D eigenvalue weighted by Gasteiger charge is 2.41. The van der Waals surface area contributed by atoms with Crippen molar-refractivity contribution in [3.63, 3.8) is 0 Å². The highest BCUT2D eigenvalue weighted by atomic mass is 16.6. The highest BCUT2D eigenvalue weighted by Crippen LogP contribution is 2.33. The van der Waals surface area contributed by atoms with E-state index >= 15 is 0 Å². The average Bonchev–Trinajstić information content (AvgIpc) is 3.65. The van der Waals surface area contributed by atoms with Crippen LogP contribution in [-0.2, 0) is 18.9 Å². The van der Waals surface area contributed by atoms with E-state index in [1.165, 1.54) is 48.5 Å². The number of rotatable bonds is 11. The number of non-ortho nitro benzene ring substituents is 2. The van der Waals surface area contributed by atoms with Crippen LogP contribution in [0.2, 0.25) is 0 Å². The SMILES string of the molecule is O=C(OC[C@H](O)[C@H]1CC[C@H]([C@H]2CC[C@H]([C@@H](O)COC(=O)c3ccc([N+](=O)[O-])cc3)O2)O1)c1ccc([N+](=O)[O-])cc1. The number of hydrogen-bond donors (Lipinski definition) is 2. The molecule has 0 radical (unpaired) electrons. The first-order valence-corrected chi connectivity index (χ1v) is 12.6. The van der Waals surface area contributed by atoms with Gasteiger partial charge in [-0.05, 0) is 49.9 Å². The van der Waals surface area contributed by atoms with E-state index in [1.54, 1.807) is 0 Å². The van der Waals surface area contributed by atoms with Gasteiger partial charge in [0.1, 0.15) is 25.4 Å². The van der Waals surface area contributed by atoms with Crippen LogP contribution in [-0.4, -0.2) is 81.8 Å². The van der Waals surface area contributed by atoms with Crippen molar-refractivity contribution in [2.24, 2.45) is 0 Å². The van der Waals surface area contributed by atoms with E-state index in [0.717, 1.165) is 0 Å². The van der Waals surface area contributed by atoms with Gasteiger partial charge in [0.05, 0.1) is 45.4 Å². The normalized spacial score (nSPS) is 23.8. The van der Waals surface area contributed by atoms with Crippen LogP contribution in [0.15, 0.2) is 48.5 Å². The Morgan fingerprint density at radius 2 is 1.07 bits per heavy atom. The lowest BCUT2D eigenvalue weighted by Crippen LogP contribution is -2.36. The molecule has 0 aliphatic carbocycles. The van der Waals surface area contributed by atoms with Crippen LogP contribution >= 0.6 is 0 Å². The molecule has 2 aromatic rings. The van der Waals surface area contributed by atoms with Crippen molar-refractivity contribution in [3.05, 3.63) is 79.9 Å². The van der Waals surface area contributed by atoms with Gasteiger partial charge in [-0.15, -0.1) is 0 Å². The van der Waals surface area contributed by atoms with E-state index in [9.17, 15) is 40.0 Å². The van der Waals surface area contributed by atoms with Crippen LogP contribution in [0.4, 0.5) is 11.4 Å². The van der Waals surface area contributed by atoms with E-state index in [1.807, 2.05) is 0 Å². The van der Waals surface area contributed by atoms with Crippen LogP contribution in [0.3, 0.4) is 0 Å². The summed E-state index contributed by atoms with van der Waals surface area (Å²) in [5.74, 6) is -1.46. The lowest BCUT2D eigenvalue weighted by atomic mass is 10.0. The number of ether oxygens (including phenoxy) is 4. The number of nitro benzene ring substituents is 2. The Morgan fingerprint density at radius 3 is 1.40 bits per heavy atom. The minimum absolute atomic E-state index is 0.116. The van der Waals surface area contributed by atoms with Gasteiger partial charge in [-0.1, -0.05) is 0 Å². The van der Waals surface area contributed by atoms with Crippen molar-refractivity contribution in [2.45, 2.75) is 62.3 Å². The van der Waals surface area contributed by atoms with Gasteiger partial charge in [0, 0.05) is 24.3 Å². The quantitative estimate of drug-likeness (QED) is 0.231. The van der Waals surface area contributed by atoms with Gasteiger partial charge >= 0.3 is 11.9 Å². The molecule has 4 rings (SSSR count). The summed E-state index contributed by atoms with van der Waals surface area (Å²) < 4.78 is 22.1. The third-order valence-corrected chi connectivity index (χ3v) is 6.84. The molecule has 14 nitrogen and oxygen atoms in total. The minimum Gasteiger partial charge on any atom is -0.459 e. The summed E-state index contributed by atoms with van der Waals surface area (Å²) in [5, 5.41) is 42.4. The molecule has 214 valence electrons. The van der Waals surface area contributed by atoms with E-state index in [2.05, 4.69) is 0 Å².